The molecule has 1 aromatic heterocycles. The Morgan fingerprint density at radius 1 is 0.966 bits per heavy atom. The molecule has 0 aliphatic carbocycles. The Hall–Kier alpha value is -3.47. The second kappa shape index (κ2) is 9.64. The molecular weight excluding hydrogens is 368 g/mol. The van der Waals surface area contributed by atoms with Crippen LogP contribution in [0.2, 0.25) is 0 Å². The minimum absolute atomic E-state index is 0.203. The van der Waals surface area contributed by atoms with Gasteiger partial charge in [-0.25, -0.2) is 0 Å². The number of furan rings is 1. The van der Waals surface area contributed by atoms with Crippen molar-refractivity contribution in [3.05, 3.63) is 83.3 Å². The molecule has 3 aromatic rings. The van der Waals surface area contributed by atoms with E-state index in [2.05, 4.69) is 6.92 Å². The second-order valence-electron chi connectivity index (χ2n) is 6.35. The van der Waals surface area contributed by atoms with Gasteiger partial charge in [0.1, 0.15) is 35.4 Å². The number of rotatable bonds is 9. The summed E-state index contributed by atoms with van der Waals surface area (Å²) in [5, 5.41) is 0. The molecule has 2 aromatic carbocycles. The van der Waals surface area contributed by atoms with Crippen LogP contribution in [0.4, 0.5) is 0 Å². The van der Waals surface area contributed by atoms with Gasteiger partial charge >= 0.3 is 0 Å². The van der Waals surface area contributed by atoms with Crippen molar-refractivity contribution in [2.45, 2.75) is 20.0 Å². The number of methoxy groups -OCH3 is 2. The van der Waals surface area contributed by atoms with Crippen molar-refractivity contribution in [2.75, 3.05) is 14.2 Å². The van der Waals surface area contributed by atoms with Crippen LogP contribution in [0.5, 0.6) is 17.2 Å². The van der Waals surface area contributed by atoms with Crippen molar-refractivity contribution >= 4 is 11.9 Å². The van der Waals surface area contributed by atoms with Crippen molar-refractivity contribution in [1.29, 1.82) is 0 Å². The van der Waals surface area contributed by atoms with E-state index in [0.29, 0.717) is 35.2 Å². The quantitative estimate of drug-likeness (QED) is 0.364. The Bertz CT molecular complexity index is 983. The maximum atomic E-state index is 12.5. The fourth-order valence-corrected chi connectivity index (χ4v) is 2.79. The largest absolute Gasteiger partial charge is 0.497 e. The number of hydrogen-bond donors (Lipinski definition) is 0. The highest BCUT2D eigenvalue weighted by Crippen LogP contribution is 2.25. The van der Waals surface area contributed by atoms with E-state index >= 15 is 0 Å². The molecule has 5 heteroatoms. The van der Waals surface area contributed by atoms with Crippen LogP contribution in [-0.2, 0) is 13.0 Å². The number of ether oxygens (including phenoxy) is 3. The molecule has 0 unspecified atom stereocenters. The van der Waals surface area contributed by atoms with Crippen LogP contribution in [0.25, 0.3) is 6.08 Å². The molecule has 29 heavy (non-hydrogen) atoms. The minimum atomic E-state index is -0.203. The number of carbonyl (C=O) groups excluding carboxylic acids is 1. The van der Waals surface area contributed by atoms with Crippen LogP contribution in [0.1, 0.15) is 34.4 Å². The molecule has 0 saturated carbocycles. The van der Waals surface area contributed by atoms with E-state index in [0.717, 1.165) is 12.2 Å². The van der Waals surface area contributed by atoms with E-state index in [1.807, 2.05) is 30.3 Å². The molecule has 0 N–H and O–H groups in total. The maximum Gasteiger partial charge on any atom is 0.189 e. The van der Waals surface area contributed by atoms with Gasteiger partial charge in [-0.2, -0.15) is 0 Å². The van der Waals surface area contributed by atoms with Crippen LogP contribution in [0.15, 0.2) is 65.1 Å². The van der Waals surface area contributed by atoms with Gasteiger partial charge in [-0.1, -0.05) is 19.1 Å². The Morgan fingerprint density at radius 3 is 2.41 bits per heavy atom. The monoisotopic (exact) mass is 392 g/mol. The maximum absolute atomic E-state index is 12.5. The zero-order valence-corrected chi connectivity index (χ0v) is 16.8. The first-order valence-corrected chi connectivity index (χ1v) is 9.37. The predicted molar refractivity (Wildman–Crippen MR) is 112 cm³/mol. The smallest absolute Gasteiger partial charge is 0.189 e. The summed E-state index contributed by atoms with van der Waals surface area (Å²) < 4.78 is 21.9. The Balaban J connectivity index is 1.63. The number of allylic oxidation sites excluding steroid dienone is 1. The fraction of sp³-hybridized carbons (Fsp3) is 0.208. The van der Waals surface area contributed by atoms with Gasteiger partial charge < -0.3 is 18.6 Å². The molecule has 0 fully saturated rings. The van der Waals surface area contributed by atoms with E-state index in [1.54, 1.807) is 37.5 Å². The van der Waals surface area contributed by atoms with Crippen molar-refractivity contribution in [3.8, 4) is 17.2 Å². The highest BCUT2D eigenvalue weighted by atomic mass is 16.5. The molecule has 0 aliphatic heterocycles. The Morgan fingerprint density at radius 2 is 1.72 bits per heavy atom. The van der Waals surface area contributed by atoms with E-state index in [9.17, 15) is 4.79 Å². The third kappa shape index (κ3) is 5.29. The summed E-state index contributed by atoms with van der Waals surface area (Å²) in [7, 11) is 3.08. The van der Waals surface area contributed by atoms with Crippen molar-refractivity contribution in [2.24, 2.45) is 0 Å². The lowest BCUT2D eigenvalue weighted by atomic mass is 10.1. The first-order valence-electron chi connectivity index (χ1n) is 9.37. The van der Waals surface area contributed by atoms with Crippen LogP contribution in [-0.4, -0.2) is 20.0 Å². The second-order valence-corrected chi connectivity index (χ2v) is 6.35. The van der Waals surface area contributed by atoms with Crippen LogP contribution in [0.3, 0.4) is 0 Å². The van der Waals surface area contributed by atoms with Crippen molar-refractivity contribution in [1.82, 2.24) is 0 Å². The average molecular weight is 392 g/mol. The van der Waals surface area contributed by atoms with Gasteiger partial charge in [-0.3, -0.25) is 4.79 Å². The Kier molecular flexibility index (Phi) is 6.74. The van der Waals surface area contributed by atoms with E-state index in [4.69, 9.17) is 18.6 Å². The van der Waals surface area contributed by atoms with Gasteiger partial charge in [0.25, 0.3) is 0 Å². The number of carbonyl (C=O) groups is 1. The molecule has 0 bridgehead atoms. The zero-order chi connectivity index (χ0) is 20.6. The van der Waals surface area contributed by atoms with E-state index < -0.39 is 0 Å². The standard InChI is InChI=1S/C24H24O5/c1-4-17-5-7-18(8-6-17)28-16-21-10-9-19(29-21)11-13-23(25)22-15-20(26-2)12-14-24(22)27-3/h5-15H,4,16H2,1-3H3/b13-11+. The molecule has 150 valence electrons. The summed E-state index contributed by atoms with van der Waals surface area (Å²) in [5.41, 5.74) is 1.69. The molecule has 0 radical (unpaired) electrons. The topological polar surface area (TPSA) is 57.9 Å². The lowest BCUT2D eigenvalue weighted by Gasteiger charge is -2.07. The fourth-order valence-electron chi connectivity index (χ4n) is 2.79. The molecule has 0 spiro atoms. The van der Waals surface area contributed by atoms with E-state index in [-0.39, 0.29) is 5.78 Å². The average Bonchev–Trinajstić information content (AvgIpc) is 3.23. The van der Waals surface area contributed by atoms with E-state index in [1.165, 1.54) is 18.7 Å². The van der Waals surface area contributed by atoms with Gasteiger partial charge in [-0.15, -0.1) is 0 Å². The third-order valence-corrected chi connectivity index (χ3v) is 4.47. The Labute approximate surface area is 170 Å². The van der Waals surface area contributed by atoms with Crippen molar-refractivity contribution < 1.29 is 23.4 Å². The summed E-state index contributed by atoms with van der Waals surface area (Å²) in [6.45, 7) is 2.43. The van der Waals surface area contributed by atoms with Gasteiger partial charge in [0, 0.05) is 0 Å². The third-order valence-electron chi connectivity index (χ3n) is 4.47. The molecule has 0 aliphatic rings. The zero-order valence-electron chi connectivity index (χ0n) is 16.8. The number of aryl methyl sites for hydroxylation is 1. The SMILES string of the molecule is CCc1ccc(OCc2ccc(/C=C/C(=O)c3cc(OC)ccc3OC)o2)cc1. The molecule has 3 rings (SSSR count). The molecule has 0 saturated heterocycles. The van der Waals surface area contributed by atoms with Gasteiger partial charge in [0.15, 0.2) is 5.78 Å². The van der Waals surface area contributed by atoms with Crippen LogP contribution in [0, 0.1) is 0 Å². The van der Waals surface area contributed by atoms with Crippen molar-refractivity contribution in [3.63, 3.8) is 0 Å². The lowest BCUT2D eigenvalue weighted by Crippen LogP contribution is -1.99. The van der Waals surface area contributed by atoms with Crippen LogP contribution >= 0.6 is 0 Å². The van der Waals surface area contributed by atoms with Crippen LogP contribution < -0.4 is 14.2 Å². The molecule has 0 atom stereocenters. The lowest BCUT2D eigenvalue weighted by molar-refractivity contribution is 0.104. The number of hydrogen-bond acceptors (Lipinski definition) is 5. The first-order chi connectivity index (χ1) is 14.1. The summed E-state index contributed by atoms with van der Waals surface area (Å²) >= 11 is 0. The number of benzene rings is 2. The molecule has 0 amide bonds. The highest BCUT2D eigenvalue weighted by molar-refractivity contribution is 6.08. The summed E-state index contributed by atoms with van der Waals surface area (Å²) in [5.74, 6) is 2.91. The summed E-state index contributed by atoms with van der Waals surface area (Å²) in [4.78, 5) is 12.5. The number of ketones is 1. The first kappa shape index (κ1) is 20.3. The minimum Gasteiger partial charge on any atom is -0.497 e. The summed E-state index contributed by atoms with van der Waals surface area (Å²) in [6, 6.07) is 16.7. The molecular formula is C24H24O5. The molecule has 1 heterocycles. The van der Waals surface area contributed by atoms with Gasteiger partial charge in [0.05, 0.1) is 19.8 Å². The normalized spacial score (nSPS) is 10.9. The summed E-state index contributed by atoms with van der Waals surface area (Å²) in [6.07, 6.45) is 4.07. The van der Waals surface area contributed by atoms with Gasteiger partial charge in [-0.05, 0) is 66.6 Å². The van der Waals surface area contributed by atoms with Gasteiger partial charge in [0.2, 0.25) is 0 Å². The predicted octanol–water partition coefficient (Wildman–Crippen LogP) is 5.33. The highest BCUT2D eigenvalue weighted by Gasteiger charge is 2.11. The molecule has 5 nitrogen and oxygen atoms in total.